The Bertz CT molecular complexity index is 697. The first-order valence-electron chi connectivity index (χ1n) is 9.40. The van der Waals surface area contributed by atoms with Gasteiger partial charge >= 0.3 is 0 Å². The van der Waals surface area contributed by atoms with Crippen molar-refractivity contribution in [2.75, 3.05) is 18.0 Å². The van der Waals surface area contributed by atoms with E-state index in [1.165, 1.54) is 35.3 Å². The van der Waals surface area contributed by atoms with E-state index < -0.39 is 0 Å². The van der Waals surface area contributed by atoms with Gasteiger partial charge in [-0.3, -0.25) is 0 Å². The van der Waals surface area contributed by atoms with E-state index in [1.807, 2.05) is 0 Å². The lowest BCUT2D eigenvalue weighted by atomic mass is 9.92. The number of benzene rings is 1. The summed E-state index contributed by atoms with van der Waals surface area (Å²) in [6.45, 7) is 14.6. The van der Waals surface area contributed by atoms with Crippen LogP contribution in [0.25, 0.3) is 11.1 Å². The predicted octanol–water partition coefficient (Wildman–Crippen LogP) is 5.24. The van der Waals surface area contributed by atoms with E-state index in [0.29, 0.717) is 5.92 Å². The summed E-state index contributed by atoms with van der Waals surface area (Å²) in [5.41, 5.74) is 5.30. The number of fused-ring (bicyclic) bond motifs is 1. The van der Waals surface area contributed by atoms with Crippen LogP contribution in [0.2, 0.25) is 0 Å². The molecule has 2 aromatic rings. The zero-order valence-electron chi connectivity index (χ0n) is 15.8. The Labute approximate surface area is 146 Å². The maximum atomic E-state index is 4.88. The SMILES string of the molecule is Cc1nn2c(c1-c1ccccc1C(C)C)N(CCC(C)C)CCC2. The molecule has 1 aromatic heterocycles. The van der Waals surface area contributed by atoms with Crippen LogP contribution < -0.4 is 4.90 Å². The maximum absolute atomic E-state index is 4.88. The molecule has 1 aliphatic heterocycles. The smallest absolute Gasteiger partial charge is 0.135 e. The van der Waals surface area contributed by atoms with Gasteiger partial charge in [-0.15, -0.1) is 0 Å². The van der Waals surface area contributed by atoms with E-state index in [-0.39, 0.29) is 0 Å². The third-order valence-corrected chi connectivity index (χ3v) is 5.03. The lowest BCUT2D eigenvalue weighted by molar-refractivity contribution is 0.492. The molecule has 0 aliphatic carbocycles. The summed E-state index contributed by atoms with van der Waals surface area (Å²) in [4.78, 5) is 2.57. The molecule has 0 fully saturated rings. The molecule has 2 heterocycles. The fourth-order valence-electron chi connectivity index (χ4n) is 3.74. The first-order chi connectivity index (χ1) is 11.5. The van der Waals surface area contributed by atoms with Crippen LogP contribution in [0.3, 0.4) is 0 Å². The molecule has 0 atom stereocenters. The highest BCUT2D eigenvalue weighted by Crippen LogP contribution is 2.39. The first-order valence-corrected chi connectivity index (χ1v) is 9.40. The van der Waals surface area contributed by atoms with Crippen LogP contribution in [0.15, 0.2) is 24.3 Å². The molecular weight excluding hydrogens is 294 g/mol. The van der Waals surface area contributed by atoms with Gasteiger partial charge in [0, 0.05) is 25.2 Å². The molecular formula is C21H31N3. The molecule has 0 bridgehead atoms. The lowest BCUT2D eigenvalue weighted by Crippen LogP contribution is -2.34. The maximum Gasteiger partial charge on any atom is 0.135 e. The zero-order valence-corrected chi connectivity index (χ0v) is 15.8. The van der Waals surface area contributed by atoms with Gasteiger partial charge in [-0.05, 0) is 42.7 Å². The van der Waals surface area contributed by atoms with Gasteiger partial charge in [0.15, 0.2) is 0 Å². The first kappa shape index (κ1) is 17.1. The fourth-order valence-corrected chi connectivity index (χ4v) is 3.74. The summed E-state index contributed by atoms with van der Waals surface area (Å²) in [5.74, 6) is 2.59. The third kappa shape index (κ3) is 3.22. The summed E-state index contributed by atoms with van der Waals surface area (Å²) in [6.07, 6.45) is 2.42. The molecule has 130 valence electrons. The number of aromatic nitrogens is 2. The number of rotatable bonds is 5. The summed E-state index contributed by atoms with van der Waals surface area (Å²) >= 11 is 0. The van der Waals surface area contributed by atoms with Gasteiger partial charge in [0.25, 0.3) is 0 Å². The molecule has 0 amide bonds. The van der Waals surface area contributed by atoms with Crippen molar-refractivity contribution in [1.82, 2.24) is 9.78 Å². The average molecular weight is 326 g/mol. The Kier molecular flexibility index (Phi) is 4.98. The van der Waals surface area contributed by atoms with Gasteiger partial charge in [0.2, 0.25) is 0 Å². The van der Waals surface area contributed by atoms with Crippen molar-refractivity contribution < 1.29 is 0 Å². The average Bonchev–Trinajstić information content (AvgIpc) is 2.89. The fraction of sp³-hybridized carbons (Fsp3) is 0.571. The minimum absolute atomic E-state index is 0.517. The highest BCUT2D eigenvalue weighted by atomic mass is 15.4. The Morgan fingerprint density at radius 2 is 1.83 bits per heavy atom. The van der Waals surface area contributed by atoms with Crippen molar-refractivity contribution in [3.63, 3.8) is 0 Å². The van der Waals surface area contributed by atoms with Crippen molar-refractivity contribution in [2.45, 2.75) is 59.9 Å². The van der Waals surface area contributed by atoms with E-state index in [2.05, 4.69) is 68.5 Å². The van der Waals surface area contributed by atoms with Gasteiger partial charge in [-0.25, -0.2) is 4.68 Å². The van der Waals surface area contributed by atoms with E-state index in [4.69, 9.17) is 5.10 Å². The molecule has 3 rings (SSSR count). The molecule has 0 radical (unpaired) electrons. The zero-order chi connectivity index (χ0) is 17.3. The lowest BCUT2D eigenvalue weighted by Gasteiger charge is -2.31. The quantitative estimate of drug-likeness (QED) is 0.749. The van der Waals surface area contributed by atoms with Crippen LogP contribution >= 0.6 is 0 Å². The summed E-state index contributed by atoms with van der Waals surface area (Å²) in [6, 6.07) is 8.85. The molecule has 1 aliphatic rings. The Balaban J connectivity index is 2.09. The Morgan fingerprint density at radius 3 is 2.54 bits per heavy atom. The van der Waals surface area contributed by atoms with Crippen LogP contribution in [0, 0.1) is 12.8 Å². The minimum atomic E-state index is 0.517. The molecule has 0 saturated heterocycles. The van der Waals surface area contributed by atoms with Crippen LogP contribution in [0.4, 0.5) is 5.82 Å². The molecule has 1 aromatic carbocycles. The van der Waals surface area contributed by atoms with Crippen LogP contribution in [-0.4, -0.2) is 22.9 Å². The predicted molar refractivity (Wildman–Crippen MR) is 103 cm³/mol. The molecule has 3 nitrogen and oxygen atoms in total. The number of hydrogen-bond donors (Lipinski definition) is 0. The monoisotopic (exact) mass is 325 g/mol. The minimum Gasteiger partial charge on any atom is -0.356 e. The third-order valence-electron chi connectivity index (χ3n) is 5.03. The second kappa shape index (κ2) is 7.00. The van der Waals surface area contributed by atoms with Gasteiger partial charge in [0.05, 0.1) is 5.69 Å². The van der Waals surface area contributed by atoms with Crippen molar-refractivity contribution >= 4 is 5.82 Å². The van der Waals surface area contributed by atoms with Crippen LogP contribution in [-0.2, 0) is 6.54 Å². The Morgan fingerprint density at radius 1 is 1.08 bits per heavy atom. The number of anilines is 1. The summed E-state index contributed by atoms with van der Waals surface area (Å²) < 4.78 is 2.24. The van der Waals surface area contributed by atoms with Gasteiger partial charge in [-0.1, -0.05) is 52.0 Å². The van der Waals surface area contributed by atoms with Crippen LogP contribution in [0.5, 0.6) is 0 Å². The molecule has 0 spiro atoms. The number of aryl methyl sites for hydroxylation is 2. The molecule has 0 N–H and O–H groups in total. The van der Waals surface area contributed by atoms with Crippen molar-refractivity contribution in [3.8, 4) is 11.1 Å². The van der Waals surface area contributed by atoms with Crippen molar-refractivity contribution in [2.24, 2.45) is 5.92 Å². The van der Waals surface area contributed by atoms with E-state index in [0.717, 1.165) is 31.2 Å². The standard InChI is InChI=1S/C21H31N3/c1-15(2)11-14-23-12-8-13-24-21(23)20(17(5)22-24)19-10-7-6-9-18(19)16(3)4/h6-7,9-10,15-16H,8,11-14H2,1-5H3. The second-order valence-electron chi connectivity index (χ2n) is 7.77. The molecule has 0 unspecified atom stereocenters. The van der Waals surface area contributed by atoms with E-state index in [1.54, 1.807) is 0 Å². The highest BCUT2D eigenvalue weighted by Gasteiger charge is 2.26. The largest absolute Gasteiger partial charge is 0.356 e. The summed E-state index contributed by atoms with van der Waals surface area (Å²) in [5, 5.41) is 4.88. The molecule has 0 saturated carbocycles. The van der Waals surface area contributed by atoms with Crippen LogP contribution in [0.1, 0.15) is 57.7 Å². The molecule has 3 heteroatoms. The van der Waals surface area contributed by atoms with Gasteiger partial charge in [-0.2, -0.15) is 5.10 Å². The van der Waals surface area contributed by atoms with Crippen molar-refractivity contribution in [1.29, 1.82) is 0 Å². The summed E-state index contributed by atoms with van der Waals surface area (Å²) in [7, 11) is 0. The van der Waals surface area contributed by atoms with Crippen molar-refractivity contribution in [3.05, 3.63) is 35.5 Å². The van der Waals surface area contributed by atoms with E-state index >= 15 is 0 Å². The second-order valence-corrected chi connectivity index (χ2v) is 7.77. The topological polar surface area (TPSA) is 21.1 Å². The van der Waals surface area contributed by atoms with Gasteiger partial charge < -0.3 is 4.90 Å². The molecule has 24 heavy (non-hydrogen) atoms. The Hall–Kier alpha value is -1.77. The number of hydrogen-bond acceptors (Lipinski definition) is 2. The van der Waals surface area contributed by atoms with Gasteiger partial charge in [0.1, 0.15) is 5.82 Å². The normalized spacial score (nSPS) is 14.5. The number of nitrogens with zero attached hydrogens (tertiary/aromatic N) is 3. The highest BCUT2D eigenvalue weighted by molar-refractivity contribution is 5.81. The van der Waals surface area contributed by atoms with E-state index in [9.17, 15) is 0 Å².